The summed E-state index contributed by atoms with van der Waals surface area (Å²) in [6, 6.07) is 12.9. The molecule has 0 fully saturated rings. The molecule has 0 unspecified atom stereocenters. The summed E-state index contributed by atoms with van der Waals surface area (Å²) >= 11 is 0. The maximum atomic E-state index is 13.7. The van der Waals surface area contributed by atoms with Crippen molar-refractivity contribution in [2.75, 3.05) is 27.2 Å². The molecule has 1 aromatic heterocycles. The lowest BCUT2D eigenvalue weighted by Gasteiger charge is -2.15. The first-order chi connectivity index (χ1) is 12.6. The Morgan fingerprint density at radius 1 is 1.15 bits per heavy atom. The fourth-order valence-electron chi connectivity index (χ4n) is 2.15. The van der Waals surface area contributed by atoms with Crippen molar-refractivity contribution in [2.45, 2.75) is 13.0 Å². The van der Waals surface area contributed by atoms with E-state index in [0.717, 1.165) is 6.42 Å². The topological polar surface area (TPSA) is 69.6 Å². The lowest BCUT2D eigenvalue weighted by atomic mass is 10.1. The number of likely N-dealkylation sites (N-methyl/N-ethyl adjacent to an activating group) is 1. The highest BCUT2D eigenvalue weighted by molar-refractivity contribution is 14.0. The minimum absolute atomic E-state index is 0. The van der Waals surface area contributed by atoms with E-state index in [1.54, 1.807) is 14.1 Å². The number of aromatic nitrogens is 1. The summed E-state index contributed by atoms with van der Waals surface area (Å²) in [5, 5.41) is 6.14. The van der Waals surface area contributed by atoms with Gasteiger partial charge in [-0.05, 0) is 24.1 Å². The molecule has 2 aromatic rings. The van der Waals surface area contributed by atoms with Gasteiger partial charge in [-0.1, -0.05) is 30.3 Å². The molecule has 2 N–H and O–H groups in total. The van der Waals surface area contributed by atoms with Crippen LogP contribution in [0.1, 0.15) is 11.3 Å². The number of hydrogen-bond acceptors (Lipinski definition) is 3. The molecule has 0 aliphatic carbocycles. The maximum Gasteiger partial charge on any atom is 0.241 e. The summed E-state index contributed by atoms with van der Waals surface area (Å²) in [6.45, 7) is 0.828. The van der Waals surface area contributed by atoms with Gasteiger partial charge >= 0.3 is 0 Å². The molecule has 27 heavy (non-hydrogen) atoms. The standard InChI is InChI=1S/C19H24FN5O.HI/c1-25(2)18(26)14-24-19(22-12-10-15-7-4-3-5-8-15)23-13-17-16(20)9-6-11-21-17;/h3-9,11H,10,12-14H2,1-2H3,(H2,22,23,24);1H. The quantitative estimate of drug-likeness (QED) is 0.359. The first kappa shape index (κ1) is 22.8. The maximum absolute atomic E-state index is 13.7. The first-order valence-electron chi connectivity index (χ1n) is 8.42. The Kier molecular flexibility index (Phi) is 10.3. The smallest absolute Gasteiger partial charge is 0.241 e. The van der Waals surface area contributed by atoms with Gasteiger partial charge in [0.2, 0.25) is 5.91 Å². The molecule has 1 amide bonds. The summed E-state index contributed by atoms with van der Waals surface area (Å²) in [7, 11) is 3.37. The van der Waals surface area contributed by atoms with Crippen LogP contribution < -0.4 is 10.6 Å². The highest BCUT2D eigenvalue weighted by Gasteiger charge is 2.07. The molecule has 0 aliphatic rings. The predicted molar refractivity (Wildman–Crippen MR) is 116 cm³/mol. The number of amides is 1. The lowest BCUT2D eigenvalue weighted by molar-refractivity contribution is -0.127. The van der Waals surface area contributed by atoms with Gasteiger partial charge in [0.1, 0.15) is 5.82 Å². The van der Waals surface area contributed by atoms with Gasteiger partial charge < -0.3 is 15.5 Å². The molecule has 6 nitrogen and oxygen atoms in total. The molecule has 0 atom stereocenters. The zero-order chi connectivity index (χ0) is 18.8. The van der Waals surface area contributed by atoms with Crippen LogP contribution in [0.25, 0.3) is 0 Å². The molecule has 1 heterocycles. The number of hydrogen-bond donors (Lipinski definition) is 2. The van der Waals surface area contributed by atoms with E-state index in [2.05, 4.69) is 20.6 Å². The van der Waals surface area contributed by atoms with E-state index in [1.807, 2.05) is 30.3 Å². The summed E-state index contributed by atoms with van der Waals surface area (Å²) in [4.78, 5) is 21.6. The molecule has 2 rings (SSSR count). The largest absolute Gasteiger partial charge is 0.356 e. The van der Waals surface area contributed by atoms with Crippen molar-refractivity contribution < 1.29 is 9.18 Å². The second-order valence-corrected chi connectivity index (χ2v) is 5.90. The molecular formula is C19H25FIN5O. The fraction of sp³-hybridized carbons (Fsp3) is 0.316. The van der Waals surface area contributed by atoms with Crippen LogP contribution in [0.2, 0.25) is 0 Å². The number of carbonyl (C=O) groups excluding carboxylic acids is 1. The van der Waals surface area contributed by atoms with Crippen LogP contribution in [0.3, 0.4) is 0 Å². The monoisotopic (exact) mass is 485 g/mol. The third-order valence-electron chi connectivity index (χ3n) is 3.68. The fourth-order valence-corrected chi connectivity index (χ4v) is 2.15. The number of rotatable bonds is 7. The Balaban J connectivity index is 0.00000364. The van der Waals surface area contributed by atoms with Gasteiger partial charge in [-0.2, -0.15) is 0 Å². The summed E-state index contributed by atoms with van der Waals surface area (Å²) in [5.74, 6) is -0.0305. The van der Waals surface area contributed by atoms with Crippen molar-refractivity contribution >= 4 is 35.8 Å². The number of aliphatic imine (C=N–C) groups is 1. The van der Waals surface area contributed by atoms with Crippen molar-refractivity contribution in [3.05, 3.63) is 65.7 Å². The van der Waals surface area contributed by atoms with E-state index in [9.17, 15) is 9.18 Å². The normalized spacial score (nSPS) is 10.7. The van der Waals surface area contributed by atoms with Crippen molar-refractivity contribution in [3.8, 4) is 0 Å². The molecule has 0 radical (unpaired) electrons. The van der Waals surface area contributed by atoms with Gasteiger partial charge in [-0.3, -0.25) is 9.78 Å². The lowest BCUT2D eigenvalue weighted by Crippen LogP contribution is -2.43. The van der Waals surface area contributed by atoms with Crippen molar-refractivity contribution in [2.24, 2.45) is 4.99 Å². The average Bonchev–Trinajstić information content (AvgIpc) is 2.65. The zero-order valence-corrected chi connectivity index (χ0v) is 17.8. The molecule has 0 saturated carbocycles. The Labute approximate surface area is 176 Å². The number of pyridine rings is 1. The number of benzene rings is 1. The van der Waals surface area contributed by atoms with Crippen molar-refractivity contribution in [1.82, 2.24) is 20.5 Å². The predicted octanol–water partition coefficient (Wildman–Crippen LogP) is 2.20. The van der Waals surface area contributed by atoms with Gasteiger partial charge in [0.05, 0.1) is 18.8 Å². The molecule has 0 bridgehead atoms. The van der Waals surface area contributed by atoms with Gasteiger partial charge in [0.25, 0.3) is 0 Å². The van der Waals surface area contributed by atoms with Gasteiger partial charge in [-0.15, -0.1) is 24.0 Å². The second kappa shape index (κ2) is 12.2. The number of halogens is 2. The van der Waals surface area contributed by atoms with E-state index in [1.165, 1.54) is 28.8 Å². The molecule has 0 aliphatic heterocycles. The minimum atomic E-state index is -0.399. The van der Waals surface area contributed by atoms with Crippen LogP contribution in [-0.4, -0.2) is 48.9 Å². The van der Waals surface area contributed by atoms with Crippen molar-refractivity contribution in [3.63, 3.8) is 0 Å². The molecule has 0 saturated heterocycles. The average molecular weight is 485 g/mol. The van der Waals surface area contributed by atoms with E-state index in [-0.39, 0.29) is 48.7 Å². The second-order valence-electron chi connectivity index (χ2n) is 5.90. The van der Waals surface area contributed by atoms with Crippen LogP contribution in [0.15, 0.2) is 53.7 Å². The van der Waals surface area contributed by atoms with E-state index < -0.39 is 5.82 Å². The number of nitrogens with zero attached hydrogens (tertiary/aromatic N) is 3. The summed E-state index contributed by atoms with van der Waals surface area (Å²) < 4.78 is 13.7. The van der Waals surface area contributed by atoms with Crippen molar-refractivity contribution in [1.29, 1.82) is 0 Å². The van der Waals surface area contributed by atoms with Gasteiger partial charge in [0, 0.05) is 26.8 Å². The van der Waals surface area contributed by atoms with E-state index >= 15 is 0 Å². The number of carbonyl (C=O) groups is 1. The van der Waals surface area contributed by atoms with E-state index in [0.29, 0.717) is 12.5 Å². The number of guanidine groups is 1. The highest BCUT2D eigenvalue weighted by atomic mass is 127. The van der Waals surface area contributed by atoms with Gasteiger partial charge in [0.15, 0.2) is 5.96 Å². The van der Waals surface area contributed by atoms with Crippen LogP contribution in [0.5, 0.6) is 0 Å². The Bertz CT molecular complexity index is 740. The zero-order valence-electron chi connectivity index (χ0n) is 15.5. The summed E-state index contributed by atoms with van der Waals surface area (Å²) in [5.41, 5.74) is 1.45. The molecular weight excluding hydrogens is 460 g/mol. The molecule has 146 valence electrons. The van der Waals surface area contributed by atoms with Gasteiger partial charge in [-0.25, -0.2) is 9.38 Å². The molecule has 8 heteroatoms. The van der Waals surface area contributed by atoms with E-state index in [4.69, 9.17) is 0 Å². The first-order valence-corrected chi connectivity index (χ1v) is 8.42. The Morgan fingerprint density at radius 3 is 2.56 bits per heavy atom. The SMILES string of the molecule is CN(C)C(=O)CNC(=NCc1ncccc1F)NCCc1ccccc1.I. The highest BCUT2D eigenvalue weighted by Crippen LogP contribution is 2.03. The summed E-state index contributed by atoms with van der Waals surface area (Å²) in [6.07, 6.45) is 2.33. The van der Waals surface area contributed by atoms with Crippen LogP contribution in [0, 0.1) is 5.82 Å². The molecule has 1 aromatic carbocycles. The number of nitrogens with one attached hydrogen (secondary N) is 2. The Morgan fingerprint density at radius 2 is 1.89 bits per heavy atom. The molecule has 0 spiro atoms. The third kappa shape index (κ3) is 8.33. The van der Waals surface area contributed by atoms with Crippen LogP contribution in [0.4, 0.5) is 4.39 Å². The van der Waals surface area contributed by atoms with Crippen LogP contribution >= 0.6 is 24.0 Å². The third-order valence-corrected chi connectivity index (χ3v) is 3.68. The Hall–Kier alpha value is -2.23. The van der Waals surface area contributed by atoms with Crippen LogP contribution in [-0.2, 0) is 17.8 Å². The minimum Gasteiger partial charge on any atom is -0.356 e.